The van der Waals surface area contributed by atoms with Crippen LogP contribution in [-0.2, 0) is 19.4 Å². The van der Waals surface area contributed by atoms with E-state index < -0.39 is 0 Å². The van der Waals surface area contributed by atoms with Gasteiger partial charge in [0, 0.05) is 26.8 Å². The fourth-order valence-corrected chi connectivity index (χ4v) is 4.71. The molecule has 5 rings (SSSR count). The third kappa shape index (κ3) is 5.28. The standard InChI is InChI=1S/C30H32N4O2/c1-33(2)30-31-17-15-29(32-30)34-18-16-24-20-26(35-3)13-14-27(24)28(34)19-22-9-11-25(12-10-22)36-21-23-7-5-4-6-8-23/h4-15,17,20,28H,16,18-19,21H2,1-3H3. The van der Waals surface area contributed by atoms with Gasteiger partial charge in [-0.15, -0.1) is 0 Å². The summed E-state index contributed by atoms with van der Waals surface area (Å²) < 4.78 is 11.5. The molecule has 36 heavy (non-hydrogen) atoms. The van der Waals surface area contributed by atoms with Crippen LogP contribution in [0, 0.1) is 0 Å². The van der Waals surface area contributed by atoms with Gasteiger partial charge in [-0.25, -0.2) is 4.98 Å². The first-order chi connectivity index (χ1) is 17.6. The van der Waals surface area contributed by atoms with Gasteiger partial charge < -0.3 is 19.3 Å². The molecule has 6 nitrogen and oxygen atoms in total. The molecule has 0 amide bonds. The minimum Gasteiger partial charge on any atom is -0.497 e. The Morgan fingerprint density at radius 1 is 0.917 bits per heavy atom. The molecule has 0 aliphatic carbocycles. The van der Waals surface area contributed by atoms with Crippen LogP contribution in [0.25, 0.3) is 0 Å². The molecule has 0 saturated heterocycles. The van der Waals surface area contributed by atoms with Crippen molar-refractivity contribution in [1.82, 2.24) is 9.97 Å². The summed E-state index contributed by atoms with van der Waals surface area (Å²) >= 11 is 0. The zero-order valence-corrected chi connectivity index (χ0v) is 21.1. The van der Waals surface area contributed by atoms with Gasteiger partial charge in [-0.3, -0.25) is 0 Å². The number of fused-ring (bicyclic) bond motifs is 1. The first-order valence-corrected chi connectivity index (χ1v) is 12.3. The van der Waals surface area contributed by atoms with Crippen LogP contribution in [0.4, 0.5) is 11.8 Å². The average Bonchev–Trinajstić information content (AvgIpc) is 2.93. The van der Waals surface area contributed by atoms with Crippen molar-refractivity contribution in [1.29, 1.82) is 0 Å². The minimum atomic E-state index is 0.153. The highest BCUT2D eigenvalue weighted by Crippen LogP contribution is 2.37. The lowest BCUT2D eigenvalue weighted by atomic mass is 9.88. The van der Waals surface area contributed by atoms with Crippen LogP contribution in [0.15, 0.2) is 85.1 Å². The maximum atomic E-state index is 6.00. The largest absolute Gasteiger partial charge is 0.497 e. The highest BCUT2D eigenvalue weighted by molar-refractivity contribution is 5.51. The molecular weight excluding hydrogens is 448 g/mol. The van der Waals surface area contributed by atoms with E-state index in [0.29, 0.717) is 12.6 Å². The van der Waals surface area contributed by atoms with Gasteiger partial charge in [-0.1, -0.05) is 48.5 Å². The van der Waals surface area contributed by atoms with Gasteiger partial charge in [0.1, 0.15) is 23.9 Å². The van der Waals surface area contributed by atoms with Crippen LogP contribution in [-0.4, -0.2) is 37.7 Å². The van der Waals surface area contributed by atoms with E-state index in [-0.39, 0.29) is 6.04 Å². The second kappa shape index (κ2) is 10.7. The summed E-state index contributed by atoms with van der Waals surface area (Å²) in [4.78, 5) is 13.6. The lowest BCUT2D eigenvalue weighted by Gasteiger charge is -2.38. The average molecular weight is 481 g/mol. The normalized spacial score (nSPS) is 14.8. The van der Waals surface area contributed by atoms with E-state index in [2.05, 4.69) is 64.5 Å². The van der Waals surface area contributed by atoms with Crippen LogP contribution in [0.5, 0.6) is 11.5 Å². The Balaban J connectivity index is 1.40. The molecule has 0 radical (unpaired) electrons. The third-order valence-corrected chi connectivity index (χ3v) is 6.63. The maximum Gasteiger partial charge on any atom is 0.226 e. The summed E-state index contributed by atoms with van der Waals surface area (Å²) in [6.07, 6.45) is 3.65. The number of methoxy groups -OCH3 is 1. The van der Waals surface area contributed by atoms with E-state index in [1.54, 1.807) is 7.11 Å². The number of ether oxygens (including phenoxy) is 2. The second-order valence-electron chi connectivity index (χ2n) is 9.26. The Kier molecular flexibility index (Phi) is 7.03. The van der Waals surface area contributed by atoms with Crippen molar-refractivity contribution in [2.75, 3.05) is 37.5 Å². The van der Waals surface area contributed by atoms with Crippen molar-refractivity contribution in [2.24, 2.45) is 0 Å². The molecule has 1 aromatic heterocycles. The van der Waals surface area contributed by atoms with Gasteiger partial charge in [0.25, 0.3) is 0 Å². The molecule has 1 aliphatic heterocycles. The smallest absolute Gasteiger partial charge is 0.226 e. The van der Waals surface area contributed by atoms with Crippen molar-refractivity contribution in [3.05, 3.63) is 107 Å². The van der Waals surface area contributed by atoms with Crippen molar-refractivity contribution in [3.8, 4) is 11.5 Å². The zero-order valence-electron chi connectivity index (χ0n) is 21.1. The number of nitrogens with zero attached hydrogens (tertiary/aromatic N) is 4. The summed E-state index contributed by atoms with van der Waals surface area (Å²) in [6, 6.07) is 27.3. The lowest BCUT2D eigenvalue weighted by Crippen LogP contribution is -2.37. The van der Waals surface area contributed by atoms with Gasteiger partial charge in [0.15, 0.2) is 0 Å². The van der Waals surface area contributed by atoms with Crippen molar-refractivity contribution in [3.63, 3.8) is 0 Å². The monoisotopic (exact) mass is 480 g/mol. The lowest BCUT2D eigenvalue weighted by molar-refractivity contribution is 0.306. The van der Waals surface area contributed by atoms with Crippen LogP contribution in [0.2, 0.25) is 0 Å². The summed E-state index contributed by atoms with van der Waals surface area (Å²) in [5.74, 6) is 3.44. The Bertz CT molecular complexity index is 1290. The molecule has 1 unspecified atom stereocenters. The number of anilines is 2. The van der Waals surface area contributed by atoms with Crippen LogP contribution in [0.1, 0.15) is 28.3 Å². The van der Waals surface area contributed by atoms with Gasteiger partial charge in [0.2, 0.25) is 5.95 Å². The Hall–Kier alpha value is -4.06. The highest BCUT2D eigenvalue weighted by Gasteiger charge is 2.29. The predicted molar refractivity (Wildman–Crippen MR) is 144 cm³/mol. The summed E-state index contributed by atoms with van der Waals surface area (Å²) in [7, 11) is 5.66. The first kappa shape index (κ1) is 23.7. The fraction of sp³-hybridized carbons (Fsp3) is 0.267. The van der Waals surface area contributed by atoms with Crippen molar-refractivity contribution >= 4 is 11.8 Å². The summed E-state index contributed by atoms with van der Waals surface area (Å²) in [6.45, 7) is 1.45. The Morgan fingerprint density at radius 2 is 1.69 bits per heavy atom. The molecule has 1 aliphatic rings. The molecule has 3 aromatic carbocycles. The van der Waals surface area contributed by atoms with Gasteiger partial charge in [0.05, 0.1) is 13.2 Å². The van der Waals surface area contributed by atoms with E-state index in [9.17, 15) is 0 Å². The molecule has 0 saturated carbocycles. The fourth-order valence-electron chi connectivity index (χ4n) is 4.71. The first-order valence-electron chi connectivity index (χ1n) is 12.3. The Labute approximate surface area is 213 Å². The summed E-state index contributed by atoms with van der Waals surface area (Å²) in [5, 5.41) is 0. The third-order valence-electron chi connectivity index (χ3n) is 6.63. The van der Waals surface area contributed by atoms with Crippen molar-refractivity contribution < 1.29 is 9.47 Å². The minimum absolute atomic E-state index is 0.153. The SMILES string of the molecule is COc1ccc2c(c1)CCN(c1ccnc(N(C)C)n1)C2Cc1ccc(OCc2ccccc2)cc1. The molecule has 0 fully saturated rings. The van der Waals surface area contributed by atoms with E-state index >= 15 is 0 Å². The molecule has 1 atom stereocenters. The molecule has 184 valence electrons. The van der Waals surface area contributed by atoms with E-state index in [0.717, 1.165) is 42.3 Å². The molecule has 4 aromatic rings. The maximum absolute atomic E-state index is 6.00. The predicted octanol–water partition coefficient (Wildman–Crippen LogP) is 5.48. The van der Waals surface area contributed by atoms with Gasteiger partial charge in [-0.2, -0.15) is 4.98 Å². The quantitative estimate of drug-likeness (QED) is 0.333. The highest BCUT2D eigenvalue weighted by atomic mass is 16.5. The van der Waals surface area contributed by atoms with E-state index in [1.165, 1.54) is 16.7 Å². The van der Waals surface area contributed by atoms with Crippen LogP contribution < -0.4 is 19.3 Å². The topological polar surface area (TPSA) is 50.7 Å². The zero-order chi connectivity index (χ0) is 24.9. The van der Waals surface area contributed by atoms with Crippen LogP contribution in [0.3, 0.4) is 0 Å². The molecule has 0 spiro atoms. The number of aromatic nitrogens is 2. The summed E-state index contributed by atoms with van der Waals surface area (Å²) in [5.41, 5.74) is 5.06. The van der Waals surface area contributed by atoms with Gasteiger partial charge in [-0.05, 0) is 65.4 Å². The van der Waals surface area contributed by atoms with Crippen molar-refractivity contribution in [2.45, 2.75) is 25.5 Å². The molecule has 0 N–H and O–H groups in total. The number of benzene rings is 3. The molecule has 2 heterocycles. The van der Waals surface area contributed by atoms with Gasteiger partial charge >= 0.3 is 0 Å². The number of rotatable bonds is 8. The second-order valence-corrected chi connectivity index (χ2v) is 9.26. The number of hydrogen-bond acceptors (Lipinski definition) is 6. The number of hydrogen-bond donors (Lipinski definition) is 0. The van der Waals surface area contributed by atoms with Crippen LogP contribution >= 0.6 is 0 Å². The molecular formula is C30H32N4O2. The Morgan fingerprint density at radius 3 is 2.44 bits per heavy atom. The molecule has 6 heteroatoms. The molecule has 0 bridgehead atoms. The van der Waals surface area contributed by atoms with E-state index in [1.807, 2.05) is 49.5 Å². The van der Waals surface area contributed by atoms with E-state index in [4.69, 9.17) is 14.5 Å².